The van der Waals surface area contributed by atoms with Gasteiger partial charge in [0.15, 0.2) is 0 Å². The van der Waals surface area contributed by atoms with Crippen molar-refractivity contribution in [2.45, 2.75) is 32.1 Å². The molecule has 0 saturated carbocycles. The number of hydrogen-bond donors (Lipinski definition) is 1. The first kappa shape index (κ1) is 10.2. The van der Waals surface area contributed by atoms with Crippen LogP contribution in [-0.2, 0) is 6.42 Å². The maximum atomic E-state index is 3.66. The monoisotopic (exact) mass is 235 g/mol. The van der Waals surface area contributed by atoms with Crippen LogP contribution in [0.4, 0.5) is 0 Å². The molecule has 0 radical (unpaired) electrons. The smallest absolute Gasteiger partial charge is 0.0465 e. The summed E-state index contributed by atoms with van der Waals surface area (Å²) in [6, 6.07) is 13.2. The number of fused-ring (bicyclic) bond motifs is 5. The highest BCUT2D eigenvalue weighted by Crippen LogP contribution is 2.38. The van der Waals surface area contributed by atoms with E-state index in [4.69, 9.17) is 0 Å². The van der Waals surface area contributed by atoms with Gasteiger partial charge in [0.25, 0.3) is 0 Å². The molecular weight excluding hydrogens is 218 g/mol. The Hall–Kier alpha value is -1.76. The third-order valence-electron chi connectivity index (χ3n) is 4.38. The number of aromatic amines is 1. The molecule has 0 bridgehead atoms. The van der Waals surface area contributed by atoms with Gasteiger partial charge in [0.05, 0.1) is 0 Å². The molecule has 0 amide bonds. The summed E-state index contributed by atoms with van der Waals surface area (Å²) in [5.41, 5.74) is 4.36. The topological polar surface area (TPSA) is 15.8 Å². The van der Waals surface area contributed by atoms with Crippen LogP contribution in [0.2, 0.25) is 0 Å². The van der Waals surface area contributed by atoms with Crippen LogP contribution >= 0.6 is 0 Å². The van der Waals surface area contributed by atoms with Gasteiger partial charge in [-0.2, -0.15) is 0 Å². The molecule has 3 aromatic rings. The van der Waals surface area contributed by atoms with Gasteiger partial charge in [0.1, 0.15) is 0 Å². The second-order valence-electron chi connectivity index (χ2n) is 5.52. The maximum Gasteiger partial charge on any atom is 0.0465 e. The van der Waals surface area contributed by atoms with Gasteiger partial charge in [-0.1, -0.05) is 37.3 Å². The molecule has 1 aromatic heterocycles. The molecule has 1 heterocycles. The van der Waals surface area contributed by atoms with Crippen LogP contribution in [0.15, 0.2) is 36.4 Å². The SMILES string of the molecule is C[C@@H]1CCCc2c1[nH]c1ccc3ccccc3c21. The predicted molar refractivity (Wildman–Crippen MR) is 77.2 cm³/mol. The average Bonchev–Trinajstić information content (AvgIpc) is 2.79. The van der Waals surface area contributed by atoms with Gasteiger partial charge < -0.3 is 4.98 Å². The minimum Gasteiger partial charge on any atom is -0.358 e. The fourth-order valence-corrected chi connectivity index (χ4v) is 3.47. The summed E-state index contributed by atoms with van der Waals surface area (Å²) in [7, 11) is 0. The van der Waals surface area contributed by atoms with Gasteiger partial charge in [-0.25, -0.2) is 0 Å². The number of aromatic nitrogens is 1. The zero-order chi connectivity index (χ0) is 12.1. The molecule has 1 atom stereocenters. The van der Waals surface area contributed by atoms with Crippen molar-refractivity contribution >= 4 is 21.7 Å². The molecule has 1 N–H and O–H groups in total. The van der Waals surface area contributed by atoms with Gasteiger partial charge in [0, 0.05) is 16.6 Å². The van der Waals surface area contributed by atoms with Crippen LogP contribution < -0.4 is 0 Å². The van der Waals surface area contributed by atoms with Crippen LogP contribution in [0.5, 0.6) is 0 Å². The molecule has 90 valence electrons. The molecule has 2 aromatic carbocycles. The van der Waals surface area contributed by atoms with Crippen LogP contribution in [0.3, 0.4) is 0 Å². The average molecular weight is 235 g/mol. The Morgan fingerprint density at radius 2 is 2.00 bits per heavy atom. The Kier molecular flexibility index (Phi) is 2.05. The van der Waals surface area contributed by atoms with Crippen LogP contribution in [0, 0.1) is 0 Å². The molecule has 0 aliphatic heterocycles. The number of nitrogens with one attached hydrogen (secondary N) is 1. The second kappa shape index (κ2) is 3.61. The number of rotatable bonds is 0. The minimum absolute atomic E-state index is 0.680. The summed E-state index contributed by atoms with van der Waals surface area (Å²) in [6.45, 7) is 2.34. The minimum atomic E-state index is 0.680. The van der Waals surface area contributed by atoms with Crippen LogP contribution in [0.1, 0.15) is 36.9 Å². The van der Waals surface area contributed by atoms with Crippen LogP contribution in [-0.4, -0.2) is 4.98 Å². The number of H-pyrrole nitrogens is 1. The highest BCUT2D eigenvalue weighted by molar-refractivity contribution is 6.08. The van der Waals surface area contributed by atoms with Crippen molar-refractivity contribution in [1.82, 2.24) is 4.98 Å². The van der Waals surface area contributed by atoms with E-state index in [1.54, 1.807) is 5.56 Å². The van der Waals surface area contributed by atoms with E-state index in [-0.39, 0.29) is 0 Å². The molecule has 1 aliphatic carbocycles. The molecule has 0 fully saturated rings. The van der Waals surface area contributed by atoms with Crippen molar-refractivity contribution < 1.29 is 0 Å². The van der Waals surface area contributed by atoms with Gasteiger partial charge in [-0.15, -0.1) is 0 Å². The van der Waals surface area contributed by atoms with Crippen molar-refractivity contribution in [3.05, 3.63) is 47.7 Å². The molecule has 0 saturated heterocycles. The Morgan fingerprint density at radius 3 is 2.94 bits per heavy atom. The molecular formula is C17H17N. The Balaban J connectivity index is 2.18. The second-order valence-corrected chi connectivity index (χ2v) is 5.52. The van der Waals surface area contributed by atoms with Crippen LogP contribution in [0.25, 0.3) is 21.7 Å². The summed E-state index contributed by atoms with van der Waals surface area (Å²) < 4.78 is 0. The van der Waals surface area contributed by atoms with E-state index in [1.807, 2.05) is 0 Å². The van der Waals surface area contributed by atoms with E-state index >= 15 is 0 Å². The summed E-state index contributed by atoms with van der Waals surface area (Å²) in [6.07, 6.45) is 3.87. The fraction of sp³-hybridized carbons (Fsp3) is 0.294. The third kappa shape index (κ3) is 1.28. The summed E-state index contributed by atoms with van der Waals surface area (Å²) >= 11 is 0. The highest BCUT2D eigenvalue weighted by Gasteiger charge is 2.21. The van der Waals surface area contributed by atoms with Gasteiger partial charge in [0.2, 0.25) is 0 Å². The number of hydrogen-bond acceptors (Lipinski definition) is 0. The normalized spacial score (nSPS) is 19.3. The molecule has 0 spiro atoms. The van der Waals surface area contributed by atoms with Crippen molar-refractivity contribution in [3.63, 3.8) is 0 Å². The zero-order valence-electron chi connectivity index (χ0n) is 10.7. The summed E-state index contributed by atoms with van der Waals surface area (Å²) in [5, 5.41) is 4.22. The largest absolute Gasteiger partial charge is 0.358 e. The summed E-state index contributed by atoms with van der Waals surface area (Å²) in [5.74, 6) is 0.680. The van der Waals surface area contributed by atoms with E-state index in [0.29, 0.717) is 5.92 Å². The van der Waals surface area contributed by atoms with E-state index in [1.165, 1.54) is 46.6 Å². The van der Waals surface area contributed by atoms with Crippen molar-refractivity contribution in [2.24, 2.45) is 0 Å². The lowest BCUT2D eigenvalue weighted by atomic mass is 9.87. The number of aryl methyl sites for hydroxylation is 1. The van der Waals surface area contributed by atoms with Crippen molar-refractivity contribution in [2.75, 3.05) is 0 Å². The molecule has 18 heavy (non-hydrogen) atoms. The Labute approximate surface area is 107 Å². The lowest BCUT2D eigenvalue weighted by Gasteiger charge is -2.18. The first-order chi connectivity index (χ1) is 8.84. The Morgan fingerprint density at radius 1 is 1.11 bits per heavy atom. The molecule has 0 unspecified atom stereocenters. The molecule has 1 heteroatoms. The van der Waals surface area contributed by atoms with E-state index < -0.39 is 0 Å². The Bertz CT molecular complexity index is 736. The highest BCUT2D eigenvalue weighted by atomic mass is 14.7. The molecule has 1 nitrogen and oxygen atoms in total. The third-order valence-corrected chi connectivity index (χ3v) is 4.38. The maximum absolute atomic E-state index is 3.66. The standard InChI is InChI=1S/C17H17N/c1-11-5-4-8-14-16-13-7-3-2-6-12(13)9-10-15(16)18-17(11)14/h2-3,6-7,9-11,18H,4-5,8H2,1H3/t11-/m1/s1. The first-order valence-corrected chi connectivity index (χ1v) is 6.87. The predicted octanol–water partition coefficient (Wildman–Crippen LogP) is 4.76. The molecule has 1 aliphatic rings. The summed E-state index contributed by atoms with van der Waals surface area (Å²) in [4.78, 5) is 3.66. The first-order valence-electron chi connectivity index (χ1n) is 6.87. The zero-order valence-corrected chi connectivity index (χ0v) is 10.7. The van der Waals surface area contributed by atoms with Gasteiger partial charge in [-0.05, 0) is 47.6 Å². The van der Waals surface area contributed by atoms with Crippen molar-refractivity contribution in [1.29, 1.82) is 0 Å². The van der Waals surface area contributed by atoms with Gasteiger partial charge >= 0.3 is 0 Å². The quantitative estimate of drug-likeness (QED) is 0.578. The van der Waals surface area contributed by atoms with Crippen molar-refractivity contribution in [3.8, 4) is 0 Å². The molecule has 4 rings (SSSR count). The van der Waals surface area contributed by atoms with Gasteiger partial charge in [-0.3, -0.25) is 0 Å². The lowest BCUT2D eigenvalue weighted by Crippen LogP contribution is -2.05. The fourth-order valence-electron chi connectivity index (χ4n) is 3.47. The lowest BCUT2D eigenvalue weighted by molar-refractivity contribution is 0.582. The van der Waals surface area contributed by atoms with E-state index in [0.717, 1.165) is 0 Å². The van der Waals surface area contributed by atoms with E-state index in [2.05, 4.69) is 48.3 Å². The number of benzene rings is 2. The van der Waals surface area contributed by atoms with E-state index in [9.17, 15) is 0 Å².